The highest BCUT2D eigenvalue weighted by atomic mass is 32.2. The summed E-state index contributed by atoms with van der Waals surface area (Å²) in [7, 11) is 0.727. The predicted octanol–water partition coefficient (Wildman–Crippen LogP) is 0.754. The molecule has 0 aliphatic carbocycles. The molecule has 0 atom stereocenters. The first kappa shape index (κ1) is 17.9. The van der Waals surface area contributed by atoms with E-state index >= 15 is 0 Å². The predicted molar refractivity (Wildman–Crippen MR) is 91.3 cm³/mol. The number of anilines is 2. The van der Waals surface area contributed by atoms with Crippen LogP contribution in [0.3, 0.4) is 0 Å². The Hall–Kier alpha value is -1.48. The minimum absolute atomic E-state index is 0.157. The molecular formula is C14H26N6O2S. The minimum atomic E-state index is -3.06. The number of nitrogens with one attached hydrogen (secondary N) is 1. The maximum Gasteiger partial charge on any atom is 0.229 e. The summed E-state index contributed by atoms with van der Waals surface area (Å²) >= 11 is 0. The molecule has 1 fully saturated rings. The molecule has 130 valence electrons. The molecule has 2 rings (SSSR count). The lowest BCUT2D eigenvalue weighted by atomic mass is 10.0. The Morgan fingerprint density at radius 2 is 1.91 bits per heavy atom. The highest BCUT2D eigenvalue weighted by Gasteiger charge is 2.34. The summed E-state index contributed by atoms with van der Waals surface area (Å²) in [5, 5.41) is 3.22. The Bertz CT molecular complexity index is 614. The van der Waals surface area contributed by atoms with Crippen molar-refractivity contribution in [3.05, 3.63) is 5.82 Å². The highest BCUT2D eigenvalue weighted by molar-refractivity contribution is 7.89. The van der Waals surface area contributed by atoms with Crippen LogP contribution in [0, 0.1) is 5.92 Å². The molecule has 1 saturated heterocycles. The van der Waals surface area contributed by atoms with Gasteiger partial charge in [-0.1, -0.05) is 13.8 Å². The molecule has 0 amide bonds. The average molecular weight is 342 g/mol. The summed E-state index contributed by atoms with van der Waals surface area (Å²) in [5.74, 6) is 2.57. The quantitative estimate of drug-likeness (QED) is 0.782. The molecule has 1 aromatic rings. The largest absolute Gasteiger partial charge is 0.354 e. The number of hydrogen-bond donors (Lipinski definition) is 1. The van der Waals surface area contributed by atoms with Crippen LogP contribution in [-0.2, 0) is 10.0 Å². The van der Waals surface area contributed by atoms with Crippen LogP contribution in [0.25, 0.3) is 0 Å². The standard InChI is InChI=1S/C14H26N6O2S/c1-6-23(21,22)20-8-11(9-20)7-15-13-16-12(10(2)3)17-14(18-13)19(4)5/h10-11H,6-9H2,1-5H3,(H,15,16,17,18). The summed E-state index contributed by atoms with van der Waals surface area (Å²) in [5.41, 5.74) is 0. The van der Waals surface area contributed by atoms with Gasteiger partial charge in [0, 0.05) is 45.6 Å². The Morgan fingerprint density at radius 1 is 1.26 bits per heavy atom. The SMILES string of the molecule is CCS(=O)(=O)N1CC(CNc2nc(C(C)C)nc(N(C)C)n2)C1. The zero-order chi connectivity index (χ0) is 17.2. The average Bonchev–Trinajstić information content (AvgIpc) is 2.44. The molecule has 0 spiro atoms. The van der Waals surface area contributed by atoms with Gasteiger partial charge in [-0.15, -0.1) is 0 Å². The molecule has 0 saturated carbocycles. The fourth-order valence-corrected chi connectivity index (χ4v) is 3.46. The van der Waals surface area contributed by atoms with Crippen LogP contribution in [0.15, 0.2) is 0 Å². The van der Waals surface area contributed by atoms with Crippen molar-refractivity contribution in [2.45, 2.75) is 26.7 Å². The van der Waals surface area contributed by atoms with Crippen LogP contribution in [0.5, 0.6) is 0 Å². The van der Waals surface area contributed by atoms with Crippen molar-refractivity contribution in [1.29, 1.82) is 0 Å². The second-order valence-corrected chi connectivity index (χ2v) is 8.59. The molecular weight excluding hydrogens is 316 g/mol. The summed E-state index contributed by atoms with van der Waals surface area (Å²) < 4.78 is 24.9. The Kier molecular flexibility index (Phi) is 5.41. The Morgan fingerprint density at radius 3 is 2.43 bits per heavy atom. The van der Waals surface area contributed by atoms with Crippen LogP contribution in [0.1, 0.15) is 32.5 Å². The van der Waals surface area contributed by atoms with Gasteiger partial charge < -0.3 is 10.2 Å². The number of aromatic nitrogens is 3. The summed E-state index contributed by atoms with van der Waals surface area (Å²) in [6.45, 7) is 7.53. The summed E-state index contributed by atoms with van der Waals surface area (Å²) in [6.07, 6.45) is 0. The van der Waals surface area contributed by atoms with E-state index in [9.17, 15) is 8.42 Å². The lowest BCUT2D eigenvalue weighted by Crippen LogP contribution is -2.52. The second kappa shape index (κ2) is 6.96. The van der Waals surface area contributed by atoms with Gasteiger partial charge in [-0.05, 0) is 6.92 Å². The molecule has 0 bridgehead atoms. The molecule has 1 aromatic heterocycles. The first-order valence-electron chi connectivity index (χ1n) is 7.88. The first-order chi connectivity index (χ1) is 10.7. The third-order valence-electron chi connectivity index (χ3n) is 3.79. The van der Waals surface area contributed by atoms with Crippen molar-refractivity contribution in [1.82, 2.24) is 19.3 Å². The lowest BCUT2D eigenvalue weighted by molar-refractivity contribution is 0.211. The van der Waals surface area contributed by atoms with Crippen LogP contribution < -0.4 is 10.2 Å². The molecule has 0 aromatic carbocycles. The van der Waals surface area contributed by atoms with E-state index in [4.69, 9.17) is 0 Å². The van der Waals surface area contributed by atoms with Crippen LogP contribution in [0.4, 0.5) is 11.9 Å². The van der Waals surface area contributed by atoms with Gasteiger partial charge in [-0.2, -0.15) is 15.0 Å². The molecule has 1 aliphatic rings. The Labute approximate surface area is 138 Å². The van der Waals surface area contributed by atoms with E-state index in [1.807, 2.05) is 32.8 Å². The van der Waals surface area contributed by atoms with Gasteiger partial charge in [0.05, 0.1) is 5.75 Å². The number of rotatable bonds is 7. The van der Waals surface area contributed by atoms with Crippen LogP contribution in [0.2, 0.25) is 0 Å². The number of nitrogens with zero attached hydrogens (tertiary/aromatic N) is 5. The van der Waals surface area contributed by atoms with Crippen LogP contribution in [-0.4, -0.2) is 67.2 Å². The van der Waals surface area contributed by atoms with Gasteiger partial charge in [0.1, 0.15) is 5.82 Å². The van der Waals surface area contributed by atoms with E-state index in [0.717, 1.165) is 5.82 Å². The maximum absolute atomic E-state index is 11.7. The lowest BCUT2D eigenvalue weighted by Gasteiger charge is -2.37. The van der Waals surface area contributed by atoms with Gasteiger partial charge >= 0.3 is 0 Å². The molecule has 8 nitrogen and oxygen atoms in total. The topological polar surface area (TPSA) is 91.3 Å². The van der Waals surface area contributed by atoms with Gasteiger partial charge in [-0.3, -0.25) is 0 Å². The first-order valence-corrected chi connectivity index (χ1v) is 9.48. The van der Waals surface area contributed by atoms with Gasteiger partial charge in [0.15, 0.2) is 0 Å². The third kappa shape index (κ3) is 4.29. The van der Waals surface area contributed by atoms with E-state index in [1.165, 1.54) is 4.31 Å². The minimum Gasteiger partial charge on any atom is -0.354 e. The summed E-state index contributed by atoms with van der Waals surface area (Å²) in [6, 6.07) is 0. The highest BCUT2D eigenvalue weighted by Crippen LogP contribution is 2.21. The Balaban J connectivity index is 1.97. The fraction of sp³-hybridized carbons (Fsp3) is 0.786. The smallest absolute Gasteiger partial charge is 0.229 e. The molecule has 23 heavy (non-hydrogen) atoms. The number of sulfonamides is 1. The van der Waals surface area contributed by atoms with Crippen molar-refractivity contribution in [2.75, 3.05) is 49.7 Å². The van der Waals surface area contributed by atoms with E-state index in [2.05, 4.69) is 20.3 Å². The molecule has 9 heteroatoms. The fourth-order valence-electron chi connectivity index (χ4n) is 2.21. The zero-order valence-electron chi connectivity index (χ0n) is 14.4. The normalized spacial score (nSPS) is 16.4. The van der Waals surface area contributed by atoms with Crippen molar-refractivity contribution in [3.63, 3.8) is 0 Å². The molecule has 1 N–H and O–H groups in total. The third-order valence-corrected chi connectivity index (χ3v) is 5.60. The van der Waals surface area contributed by atoms with Gasteiger partial charge in [0.25, 0.3) is 0 Å². The zero-order valence-corrected chi connectivity index (χ0v) is 15.3. The monoisotopic (exact) mass is 342 g/mol. The van der Waals surface area contributed by atoms with Crippen LogP contribution >= 0.6 is 0 Å². The van der Waals surface area contributed by atoms with Crippen molar-refractivity contribution >= 4 is 21.9 Å². The van der Waals surface area contributed by atoms with E-state index in [0.29, 0.717) is 37.4 Å². The van der Waals surface area contributed by atoms with E-state index in [1.54, 1.807) is 6.92 Å². The van der Waals surface area contributed by atoms with E-state index in [-0.39, 0.29) is 11.7 Å². The summed E-state index contributed by atoms with van der Waals surface area (Å²) in [4.78, 5) is 15.1. The van der Waals surface area contributed by atoms with Crippen molar-refractivity contribution < 1.29 is 8.42 Å². The molecule has 2 heterocycles. The van der Waals surface area contributed by atoms with E-state index < -0.39 is 10.0 Å². The maximum atomic E-state index is 11.7. The molecule has 1 aliphatic heterocycles. The van der Waals surface area contributed by atoms with Crippen molar-refractivity contribution in [2.24, 2.45) is 5.92 Å². The van der Waals surface area contributed by atoms with Gasteiger partial charge in [0.2, 0.25) is 21.9 Å². The number of hydrogen-bond acceptors (Lipinski definition) is 7. The van der Waals surface area contributed by atoms with Crippen molar-refractivity contribution in [3.8, 4) is 0 Å². The van der Waals surface area contributed by atoms with Gasteiger partial charge in [-0.25, -0.2) is 12.7 Å². The molecule has 0 unspecified atom stereocenters. The molecule has 0 radical (unpaired) electrons. The second-order valence-electron chi connectivity index (χ2n) is 6.33.